The average molecular weight is 255 g/mol. The molecule has 18 heavy (non-hydrogen) atoms. The highest BCUT2D eigenvalue weighted by Crippen LogP contribution is 2.33. The first kappa shape index (κ1) is 13.0. The fraction of sp³-hybridized carbons (Fsp3) is 0.636. The Hall–Kier alpha value is -1.44. The van der Waals surface area contributed by atoms with E-state index in [2.05, 4.69) is 4.98 Å². The first-order valence-corrected chi connectivity index (χ1v) is 5.84. The van der Waals surface area contributed by atoms with Gasteiger partial charge in [-0.25, -0.2) is 4.79 Å². The van der Waals surface area contributed by atoms with Gasteiger partial charge in [-0.1, -0.05) is 0 Å². The lowest BCUT2D eigenvalue weighted by Gasteiger charge is -2.18. The molecule has 5 N–H and O–H groups in total. The minimum atomic E-state index is -1.05. The minimum Gasteiger partial charge on any atom is -0.390 e. The van der Waals surface area contributed by atoms with Crippen molar-refractivity contribution in [1.82, 2.24) is 9.55 Å². The summed E-state index contributed by atoms with van der Waals surface area (Å²) in [7, 11) is 0. The van der Waals surface area contributed by atoms with Crippen molar-refractivity contribution in [1.29, 1.82) is 0 Å². The molecule has 7 nitrogen and oxygen atoms in total. The molecule has 1 aliphatic rings. The van der Waals surface area contributed by atoms with Gasteiger partial charge in [-0.2, -0.15) is 0 Å². The maximum atomic E-state index is 11.7. The third-order valence-electron chi connectivity index (χ3n) is 3.58. The van der Waals surface area contributed by atoms with Gasteiger partial charge in [0.15, 0.2) is 0 Å². The van der Waals surface area contributed by atoms with Gasteiger partial charge >= 0.3 is 5.69 Å². The molecule has 2 rings (SSSR count). The van der Waals surface area contributed by atoms with Crippen LogP contribution in [0.4, 0.5) is 0 Å². The second-order valence-corrected chi connectivity index (χ2v) is 4.76. The third-order valence-corrected chi connectivity index (χ3v) is 3.58. The van der Waals surface area contributed by atoms with Crippen molar-refractivity contribution < 1.29 is 10.2 Å². The van der Waals surface area contributed by atoms with Gasteiger partial charge in [0, 0.05) is 17.7 Å². The molecular formula is C11H17N3O4. The molecule has 0 saturated heterocycles. The molecule has 1 aliphatic carbocycles. The van der Waals surface area contributed by atoms with Crippen LogP contribution in [0, 0.1) is 12.8 Å². The Morgan fingerprint density at radius 2 is 2.11 bits per heavy atom. The molecule has 0 spiro atoms. The number of rotatable bonds is 2. The summed E-state index contributed by atoms with van der Waals surface area (Å²) in [5.41, 5.74) is 4.86. The number of hydrogen-bond donors (Lipinski definition) is 4. The standard InChI is InChI=1S/C11H17N3O4/c1-5-4-14(11(18)13-10(5)17)7-2-6(3-12)8(15)9(7)16/h4,6-9,15-16H,2-3,12H2,1H3,(H,13,17,18)/t6-,7+,8+,9+/m0/s1. The van der Waals surface area contributed by atoms with Crippen LogP contribution in [-0.4, -0.2) is 38.5 Å². The van der Waals surface area contributed by atoms with Crippen molar-refractivity contribution in [2.45, 2.75) is 31.6 Å². The van der Waals surface area contributed by atoms with Crippen LogP contribution in [0.25, 0.3) is 0 Å². The SMILES string of the molecule is Cc1cn([C@@H]2C[C@@H](CN)[C@@H](O)[C@@H]2O)c(=O)[nH]c1=O. The topological polar surface area (TPSA) is 121 Å². The van der Waals surface area contributed by atoms with Gasteiger partial charge in [-0.15, -0.1) is 0 Å². The van der Waals surface area contributed by atoms with Gasteiger partial charge in [0.1, 0.15) is 6.10 Å². The molecule has 0 bridgehead atoms. The van der Waals surface area contributed by atoms with E-state index in [1.54, 1.807) is 6.92 Å². The number of aliphatic hydroxyl groups excluding tert-OH is 2. The Morgan fingerprint density at radius 3 is 2.67 bits per heavy atom. The molecule has 0 amide bonds. The lowest BCUT2D eigenvalue weighted by atomic mass is 10.1. The van der Waals surface area contributed by atoms with Gasteiger partial charge in [-0.05, 0) is 19.9 Å². The highest BCUT2D eigenvalue weighted by Gasteiger charge is 2.42. The van der Waals surface area contributed by atoms with Crippen LogP contribution in [0.1, 0.15) is 18.0 Å². The normalized spacial score (nSPS) is 31.8. The van der Waals surface area contributed by atoms with E-state index in [1.165, 1.54) is 10.8 Å². The summed E-state index contributed by atoms with van der Waals surface area (Å²) in [6.45, 7) is 1.82. The van der Waals surface area contributed by atoms with E-state index in [9.17, 15) is 19.8 Å². The summed E-state index contributed by atoms with van der Waals surface area (Å²) in [6.07, 6.45) is -0.189. The van der Waals surface area contributed by atoms with E-state index in [1.807, 2.05) is 0 Å². The lowest BCUT2D eigenvalue weighted by molar-refractivity contribution is 0.00697. The largest absolute Gasteiger partial charge is 0.390 e. The number of aromatic nitrogens is 2. The van der Waals surface area contributed by atoms with Gasteiger partial charge in [0.25, 0.3) is 5.56 Å². The predicted molar refractivity (Wildman–Crippen MR) is 64.3 cm³/mol. The van der Waals surface area contributed by atoms with Crippen molar-refractivity contribution in [2.75, 3.05) is 6.54 Å². The number of aromatic amines is 1. The molecule has 0 unspecified atom stereocenters. The minimum absolute atomic E-state index is 0.242. The van der Waals surface area contributed by atoms with Crippen molar-refractivity contribution in [2.24, 2.45) is 11.7 Å². The van der Waals surface area contributed by atoms with Crippen LogP contribution in [0.5, 0.6) is 0 Å². The first-order valence-electron chi connectivity index (χ1n) is 5.84. The zero-order chi connectivity index (χ0) is 13.4. The number of nitrogens with one attached hydrogen (secondary N) is 1. The van der Waals surface area contributed by atoms with E-state index in [0.29, 0.717) is 12.0 Å². The Labute approximate surface area is 103 Å². The number of aryl methyl sites for hydroxylation is 1. The quantitative estimate of drug-likeness (QED) is 0.491. The van der Waals surface area contributed by atoms with Crippen molar-refractivity contribution in [3.8, 4) is 0 Å². The Morgan fingerprint density at radius 1 is 1.44 bits per heavy atom. The monoisotopic (exact) mass is 255 g/mol. The lowest BCUT2D eigenvalue weighted by Crippen LogP contribution is -2.38. The van der Waals surface area contributed by atoms with E-state index >= 15 is 0 Å². The molecule has 0 aliphatic heterocycles. The summed E-state index contributed by atoms with van der Waals surface area (Å²) in [4.78, 5) is 25.2. The number of hydrogen-bond acceptors (Lipinski definition) is 5. The van der Waals surface area contributed by atoms with Gasteiger partial charge in [-0.3, -0.25) is 14.3 Å². The molecule has 0 aromatic carbocycles. The molecular weight excluding hydrogens is 238 g/mol. The number of nitrogens with two attached hydrogens (primary N) is 1. The van der Waals surface area contributed by atoms with E-state index in [0.717, 1.165) is 0 Å². The maximum Gasteiger partial charge on any atom is 0.328 e. The average Bonchev–Trinajstić information content (AvgIpc) is 2.61. The fourth-order valence-electron chi connectivity index (χ4n) is 2.44. The van der Waals surface area contributed by atoms with E-state index in [-0.39, 0.29) is 12.5 Å². The summed E-state index contributed by atoms with van der Waals surface area (Å²) >= 11 is 0. The Balaban J connectivity index is 2.42. The van der Waals surface area contributed by atoms with Crippen molar-refractivity contribution in [3.05, 3.63) is 32.6 Å². The summed E-state index contributed by atoms with van der Waals surface area (Å²) in [6, 6.07) is -0.559. The Bertz CT molecular complexity index is 550. The number of H-pyrrole nitrogens is 1. The van der Waals surface area contributed by atoms with Crippen LogP contribution < -0.4 is 17.0 Å². The van der Waals surface area contributed by atoms with Crippen LogP contribution in [0.15, 0.2) is 15.8 Å². The smallest absolute Gasteiger partial charge is 0.328 e. The zero-order valence-electron chi connectivity index (χ0n) is 10.0. The highest BCUT2D eigenvalue weighted by atomic mass is 16.3. The van der Waals surface area contributed by atoms with Crippen molar-refractivity contribution in [3.63, 3.8) is 0 Å². The van der Waals surface area contributed by atoms with Gasteiger partial charge < -0.3 is 15.9 Å². The number of aliphatic hydroxyl groups is 2. The van der Waals surface area contributed by atoms with Gasteiger partial charge in [0.2, 0.25) is 0 Å². The predicted octanol–water partition coefficient (Wildman–Crippen LogP) is -1.91. The fourth-order valence-corrected chi connectivity index (χ4v) is 2.44. The van der Waals surface area contributed by atoms with E-state index in [4.69, 9.17) is 5.73 Å². The zero-order valence-corrected chi connectivity index (χ0v) is 10.0. The molecule has 1 aromatic heterocycles. The number of nitrogens with zero attached hydrogens (tertiary/aromatic N) is 1. The molecule has 0 radical (unpaired) electrons. The van der Waals surface area contributed by atoms with E-state index < -0.39 is 29.5 Å². The third kappa shape index (κ3) is 2.00. The molecule has 1 saturated carbocycles. The summed E-state index contributed by atoms with van der Waals surface area (Å²) < 4.78 is 1.26. The summed E-state index contributed by atoms with van der Waals surface area (Å²) in [5, 5.41) is 19.7. The first-order chi connectivity index (χ1) is 8.45. The van der Waals surface area contributed by atoms with Crippen molar-refractivity contribution >= 4 is 0 Å². The molecule has 7 heteroatoms. The Kier molecular flexibility index (Phi) is 3.38. The second-order valence-electron chi connectivity index (χ2n) is 4.76. The van der Waals surface area contributed by atoms with Crippen LogP contribution in [-0.2, 0) is 0 Å². The second kappa shape index (κ2) is 4.68. The molecule has 1 heterocycles. The van der Waals surface area contributed by atoms with Crippen LogP contribution in [0.3, 0.4) is 0 Å². The molecule has 4 atom stereocenters. The highest BCUT2D eigenvalue weighted by molar-refractivity contribution is 5.04. The molecule has 1 fully saturated rings. The molecule has 1 aromatic rings. The summed E-state index contributed by atoms with van der Waals surface area (Å²) in [5.74, 6) is -0.246. The molecule has 100 valence electrons. The maximum absolute atomic E-state index is 11.7. The van der Waals surface area contributed by atoms with Crippen LogP contribution >= 0.6 is 0 Å². The van der Waals surface area contributed by atoms with Crippen LogP contribution in [0.2, 0.25) is 0 Å². The van der Waals surface area contributed by atoms with Gasteiger partial charge in [0.05, 0.1) is 12.1 Å².